The van der Waals surface area contributed by atoms with E-state index in [1.54, 1.807) is 0 Å². The van der Waals surface area contributed by atoms with Gasteiger partial charge in [0.25, 0.3) is 0 Å². The monoisotopic (exact) mass is 261 g/mol. The van der Waals surface area contributed by atoms with Crippen LogP contribution in [0.25, 0.3) is 0 Å². The van der Waals surface area contributed by atoms with Crippen LogP contribution >= 0.6 is 11.6 Å². The number of hydrogen-bond acceptors (Lipinski definition) is 2. The van der Waals surface area contributed by atoms with Crippen molar-refractivity contribution in [1.29, 1.82) is 0 Å². The van der Waals surface area contributed by atoms with Crippen LogP contribution in [-0.4, -0.2) is 18.5 Å². The van der Waals surface area contributed by atoms with E-state index in [0.717, 1.165) is 34.9 Å². The minimum atomic E-state index is 0.517. The first-order valence-electron chi connectivity index (χ1n) is 6.78. The fourth-order valence-corrected chi connectivity index (χ4v) is 4.04. The lowest BCUT2D eigenvalue weighted by Crippen LogP contribution is -2.36. The highest BCUT2D eigenvalue weighted by Crippen LogP contribution is 2.51. The van der Waals surface area contributed by atoms with Gasteiger partial charge in [-0.05, 0) is 55.4 Å². The third-order valence-corrected chi connectivity index (χ3v) is 5.06. The Hall–Kier alpha value is -1.02. The molecule has 2 aliphatic carbocycles. The molecule has 0 aromatic heterocycles. The summed E-state index contributed by atoms with van der Waals surface area (Å²) in [6.45, 7) is 0.854. The molecule has 2 saturated carbocycles. The molecule has 0 radical (unpaired) electrons. The van der Waals surface area contributed by atoms with Gasteiger partial charge in [-0.15, -0.1) is 0 Å². The van der Waals surface area contributed by atoms with Gasteiger partial charge < -0.3 is 4.74 Å². The Kier molecular flexibility index (Phi) is 2.41. The summed E-state index contributed by atoms with van der Waals surface area (Å²) in [5, 5.41) is 0.757. The SMILES string of the molecule is Clc1ccc(C2=N[C@H]3[C@@H]4CC[C@@H](C4)[C@H]3CO2)cc1. The van der Waals surface area contributed by atoms with E-state index < -0.39 is 0 Å². The van der Waals surface area contributed by atoms with E-state index in [1.165, 1.54) is 19.3 Å². The lowest BCUT2D eigenvalue weighted by molar-refractivity contribution is 0.145. The molecule has 0 unspecified atom stereocenters. The molecule has 1 aromatic carbocycles. The molecule has 3 heteroatoms. The second kappa shape index (κ2) is 3.99. The van der Waals surface area contributed by atoms with Gasteiger partial charge in [-0.2, -0.15) is 0 Å². The van der Waals surface area contributed by atoms with E-state index in [4.69, 9.17) is 21.3 Å². The molecule has 2 fully saturated rings. The molecule has 2 nitrogen and oxygen atoms in total. The second-order valence-corrected chi connectivity index (χ2v) is 6.18. The maximum atomic E-state index is 5.91. The molecule has 1 heterocycles. The molecule has 94 valence electrons. The largest absolute Gasteiger partial charge is 0.477 e. The zero-order valence-electron chi connectivity index (χ0n) is 10.2. The number of ether oxygens (including phenoxy) is 1. The lowest BCUT2D eigenvalue weighted by atomic mass is 9.84. The highest BCUT2D eigenvalue weighted by molar-refractivity contribution is 6.30. The molecule has 0 N–H and O–H groups in total. The van der Waals surface area contributed by atoms with E-state index >= 15 is 0 Å². The van der Waals surface area contributed by atoms with Gasteiger partial charge in [0.2, 0.25) is 5.90 Å². The van der Waals surface area contributed by atoms with Gasteiger partial charge in [0, 0.05) is 16.5 Å². The summed E-state index contributed by atoms with van der Waals surface area (Å²) in [6.07, 6.45) is 4.13. The van der Waals surface area contributed by atoms with Crippen molar-refractivity contribution in [2.24, 2.45) is 22.7 Å². The predicted octanol–water partition coefficient (Wildman–Crippen LogP) is 3.53. The minimum absolute atomic E-state index is 0.517. The Bertz CT molecular complexity index is 496. The van der Waals surface area contributed by atoms with Crippen LogP contribution in [0, 0.1) is 17.8 Å². The molecule has 4 atom stereocenters. The van der Waals surface area contributed by atoms with Crippen molar-refractivity contribution < 1.29 is 4.74 Å². The Balaban J connectivity index is 1.65. The van der Waals surface area contributed by atoms with Gasteiger partial charge in [0.15, 0.2) is 0 Å². The molecular weight excluding hydrogens is 246 g/mol. The Morgan fingerprint density at radius 3 is 2.72 bits per heavy atom. The molecule has 1 aliphatic heterocycles. The second-order valence-electron chi connectivity index (χ2n) is 5.74. The average Bonchev–Trinajstić information content (AvgIpc) is 3.01. The number of halogens is 1. The lowest BCUT2D eigenvalue weighted by Gasteiger charge is -2.32. The van der Waals surface area contributed by atoms with Crippen LogP contribution in [0.2, 0.25) is 5.02 Å². The third kappa shape index (κ3) is 1.58. The van der Waals surface area contributed by atoms with Gasteiger partial charge in [0.05, 0.1) is 12.6 Å². The zero-order chi connectivity index (χ0) is 12.1. The molecule has 1 aromatic rings. The number of fused-ring (bicyclic) bond motifs is 5. The quantitative estimate of drug-likeness (QED) is 0.758. The van der Waals surface area contributed by atoms with Gasteiger partial charge in [-0.1, -0.05) is 11.6 Å². The van der Waals surface area contributed by atoms with Crippen LogP contribution < -0.4 is 0 Å². The smallest absolute Gasteiger partial charge is 0.216 e. The van der Waals surface area contributed by atoms with E-state index in [9.17, 15) is 0 Å². The Morgan fingerprint density at radius 2 is 1.89 bits per heavy atom. The Morgan fingerprint density at radius 1 is 1.11 bits per heavy atom. The van der Waals surface area contributed by atoms with E-state index in [1.807, 2.05) is 24.3 Å². The molecule has 0 amide bonds. The van der Waals surface area contributed by atoms with Crippen LogP contribution in [0.15, 0.2) is 29.3 Å². The van der Waals surface area contributed by atoms with Crippen molar-refractivity contribution in [3.05, 3.63) is 34.9 Å². The van der Waals surface area contributed by atoms with Gasteiger partial charge in [-0.3, -0.25) is 0 Å². The first-order chi connectivity index (χ1) is 8.81. The number of rotatable bonds is 1. The van der Waals surface area contributed by atoms with Crippen LogP contribution in [0.4, 0.5) is 0 Å². The number of aliphatic imine (C=N–C) groups is 1. The van der Waals surface area contributed by atoms with Gasteiger partial charge in [-0.25, -0.2) is 4.99 Å². The fraction of sp³-hybridized carbons (Fsp3) is 0.533. The number of benzene rings is 1. The van der Waals surface area contributed by atoms with Gasteiger partial charge >= 0.3 is 0 Å². The summed E-state index contributed by atoms with van der Waals surface area (Å²) >= 11 is 5.91. The van der Waals surface area contributed by atoms with E-state index in [0.29, 0.717) is 12.0 Å². The average molecular weight is 262 g/mol. The Labute approximate surface area is 112 Å². The summed E-state index contributed by atoms with van der Waals surface area (Å²) in [6, 6.07) is 8.30. The molecule has 0 saturated heterocycles. The first-order valence-corrected chi connectivity index (χ1v) is 7.15. The summed E-state index contributed by atoms with van der Waals surface area (Å²) < 4.78 is 5.88. The maximum absolute atomic E-state index is 5.91. The highest BCUT2D eigenvalue weighted by Gasteiger charge is 2.49. The molecular formula is C15H16ClNO. The molecule has 3 aliphatic rings. The van der Waals surface area contributed by atoms with Crippen molar-refractivity contribution >= 4 is 17.5 Å². The number of nitrogens with zero attached hydrogens (tertiary/aromatic N) is 1. The molecule has 4 rings (SSSR count). The normalized spacial score (nSPS) is 37.1. The highest BCUT2D eigenvalue weighted by atomic mass is 35.5. The van der Waals surface area contributed by atoms with Crippen molar-refractivity contribution in [3.8, 4) is 0 Å². The van der Waals surface area contributed by atoms with Crippen molar-refractivity contribution in [1.82, 2.24) is 0 Å². The van der Waals surface area contributed by atoms with Crippen LogP contribution in [-0.2, 0) is 4.74 Å². The van der Waals surface area contributed by atoms with Gasteiger partial charge in [0.1, 0.15) is 0 Å². The topological polar surface area (TPSA) is 21.6 Å². The zero-order valence-corrected chi connectivity index (χ0v) is 10.9. The van der Waals surface area contributed by atoms with Crippen LogP contribution in [0.5, 0.6) is 0 Å². The third-order valence-electron chi connectivity index (χ3n) is 4.81. The fourth-order valence-electron chi connectivity index (χ4n) is 3.91. The van der Waals surface area contributed by atoms with E-state index in [-0.39, 0.29) is 0 Å². The molecule has 0 spiro atoms. The van der Waals surface area contributed by atoms with Crippen LogP contribution in [0.1, 0.15) is 24.8 Å². The number of hydrogen-bond donors (Lipinski definition) is 0. The molecule has 2 bridgehead atoms. The predicted molar refractivity (Wildman–Crippen MR) is 72.1 cm³/mol. The van der Waals surface area contributed by atoms with Crippen molar-refractivity contribution in [2.45, 2.75) is 25.3 Å². The summed E-state index contributed by atoms with van der Waals surface area (Å²) in [5.41, 5.74) is 1.06. The summed E-state index contributed by atoms with van der Waals surface area (Å²) in [5.74, 6) is 3.18. The van der Waals surface area contributed by atoms with Crippen molar-refractivity contribution in [2.75, 3.05) is 6.61 Å². The first kappa shape index (κ1) is 10.9. The van der Waals surface area contributed by atoms with E-state index in [2.05, 4.69) is 0 Å². The minimum Gasteiger partial charge on any atom is -0.477 e. The maximum Gasteiger partial charge on any atom is 0.216 e. The molecule has 18 heavy (non-hydrogen) atoms. The summed E-state index contributed by atoms with van der Waals surface area (Å²) in [4.78, 5) is 4.88. The summed E-state index contributed by atoms with van der Waals surface area (Å²) in [7, 11) is 0. The van der Waals surface area contributed by atoms with Crippen LogP contribution in [0.3, 0.4) is 0 Å². The van der Waals surface area contributed by atoms with Crippen molar-refractivity contribution in [3.63, 3.8) is 0 Å². The standard InChI is InChI=1S/C15H16ClNO/c16-12-5-3-9(4-6-12)15-17-14-11-2-1-10(7-11)13(14)8-18-15/h3-6,10-11,13-14H,1-2,7-8H2/t10-,11+,13+,14-/m0/s1.